The predicted octanol–water partition coefficient (Wildman–Crippen LogP) is 2.08. The molecular formula is C16H17NO3. The molecule has 1 aromatic carbocycles. The highest BCUT2D eigenvalue weighted by Crippen LogP contribution is 2.22. The van der Waals surface area contributed by atoms with Gasteiger partial charge in [-0.2, -0.15) is 0 Å². The summed E-state index contributed by atoms with van der Waals surface area (Å²) in [6, 6.07) is 13.7. The van der Waals surface area contributed by atoms with Gasteiger partial charge in [0.15, 0.2) is 0 Å². The second-order valence-corrected chi connectivity index (χ2v) is 5.08. The van der Waals surface area contributed by atoms with Gasteiger partial charge in [0.05, 0.1) is 6.10 Å². The van der Waals surface area contributed by atoms with Crippen LogP contribution >= 0.6 is 0 Å². The van der Waals surface area contributed by atoms with E-state index in [2.05, 4.69) is 0 Å². The monoisotopic (exact) mass is 271 g/mol. The molecule has 4 heteroatoms. The van der Waals surface area contributed by atoms with Gasteiger partial charge in [0.2, 0.25) is 5.91 Å². The van der Waals surface area contributed by atoms with Crippen molar-refractivity contribution in [1.82, 2.24) is 4.90 Å². The molecule has 1 saturated heterocycles. The van der Waals surface area contributed by atoms with Gasteiger partial charge in [0.1, 0.15) is 11.5 Å². The van der Waals surface area contributed by atoms with Crippen LogP contribution in [0.15, 0.2) is 46.9 Å². The SMILES string of the molecule is O=C(CCc1ccc(-c2ccccc2)o1)N1CC(O)C1. The molecule has 0 bridgehead atoms. The number of hydrogen-bond donors (Lipinski definition) is 1. The van der Waals surface area contributed by atoms with E-state index in [-0.39, 0.29) is 12.0 Å². The maximum Gasteiger partial charge on any atom is 0.223 e. The summed E-state index contributed by atoms with van der Waals surface area (Å²) in [5.74, 6) is 1.72. The average molecular weight is 271 g/mol. The summed E-state index contributed by atoms with van der Waals surface area (Å²) in [4.78, 5) is 13.5. The van der Waals surface area contributed by atoms with Gasteiger partial charge in [-0.15, -0.1) is 0 Å². The predicted molar refractivity (Wildman–Crippen MR) is 75.1 cm³/mol. The molecule has 1 N–H and O–H groups in total. The van der Waals surface area contributed by atoms with E-state index in [1.54, 1.807) is 4.90 Å². The molecule has 4 nitrogen and oxygen atoms in total. The molecule has 0 aliphatic carbocycles. The first-order chi connectivity index (χ1) is 9.72. The standard InChI is InChI=1S/C16H17NO3/c18-13-10-17(11-13)16(19)9-7-14-6-8-15(20-14)12-4-2-1-3-5-12/h1-6,8,13,18H,7,9-11H2. The van der Waals surface area contributed by atoms with Crippen LogP contribution in [-0.4, -0.2) is 35.1 Å². The lowest BCUT2D eigenvalue weighted by Crippen LogP contribution is -2.53. The van der Waals surface area contributed by atoms with Crippen molar-refractivity contribution in [3.05, 3.63) is 48.2 Å². The lowest BCUT2D eigenvalue weighted by molar-refractivity contribution is -0.141. The highest BCUT2D eigenvalue weighted by atomic mass is 16.3. The minimum atomic E-state index is -0.341. The van der Waals surface area contributed by atoms with Gasteiger partial charge in [-0.25, -0.2) is 0 Å². The number of aliphatic hydroxyl groups excluding tert-OH is 1. The van der Waals surface area contributed by atoms with Gasteiger partial charge in [-0.3, -0.25) is 4.79 Å². The Morgan fingerprint density at radius 3 is 2.65 bits per heavy atom. The lowest BCUT2D eigenvalue weighted by atomic mass is 10.1. The van der Waals surface area contributed by atoms with Gasteiger partial charge in [0.25, 0.3) is 0 Å². The van der Waals surface area contributed by atoms with Crippen molar-refractivity contribution >= 4 is 5.91 Å². The van der Waals surface area contributed by atoms with Crippen LogP contribution in [0.2, 0.25) is 0 Å². The third kappa shape index (κ3) is 2.75. The molecule has 2 heterocycles. The normalized spacial score (nSPS) is 15.2. The summed E-state index contributed by atoms with van der Waals surface area (Å²) in [7, 11) is 0. The van der Waals surface area contributed by atoms with E-state index < -0.39 is 0 Å². The first-order valence-electron chi connectivity index (χ1n) is 6.82. The Balaban J connectivity index is 1.57. The Bertz CT molecular complexity index is 585. The van der Waals surface area contributed by atoms with E-state index in [0.717, 1.165) is 17.1 Å². The van der Waals surface area contributed by atoms with Crippen molar-refractivity contribution in [2.75, 3.05) is 13.1 Å². The molecule has 20 heavy (non-hydrogen) atoms. The zero-order valence-corrected chi connectivity index (χ0v) is 11.2. The summed E-state index contributed by atoms with van der Waals surface area (Å²) in [5.41, 5.74) is 1.04. The Morgan fingerprint density at radius 1 is 1.20 bits per heavy atom. The Morgan fingerprint density at radius 2 is 1.95 bits per heavy atom. The number of β-amino-alcohol motifs (C(OH)–C–C–N with tert-alkyl or cyclic N) is 1. The maximum absolute atomic E-state index is 11.8. The minimum absolute atomic E-state index is 0.0768. The van der Waals surface area contributed by atoms with E-state index in [1.165, 1.54) is 0 Å². The molecule has 2 aromatic rings. The number of furan rings is 1. The number of nitrogens with zero attached hydrogens (tertiary/aromatic N) is 1. The van der Waals surface area contributed by atoms with Crippen LogP contribution in [0.5, 0.6) is 0 Å². The van der Waals surface area contributed by atoms with E-state index in [1.807, 2.05) is 42.5 Å². The summed E-state index contributed by atoms with van der Waals surface area (Å²) in [5, 5.41) is 9.17. The molecule has 3 rings (SSSR count). The number of hydrogen-bond acceptors (Lipinski definition) is 3. The Kier molecular flexibility index (Phi) is 3.56. The van der Waals surface area contributed by atoms with Crippen LogP contribution in [0.1, 0.15) is 12.2 Å². The van der Waals surface area contributed by atoms with Gasteiger partial charge in [-0.1, -0.05) is 30.3 Å². The minimum Gasteiger partial charge on any atom is -0.461 e. The molecule has 1 aliphatic heterocycles. The van der Waals surface area contributed by atoms with Gasteiger partial charge < -0.3 is 14.4 Å². The smallest absolute Gasteiger partial charge is 0.223 e. The Hall–Kier alpha value is -2.07. The highest BCUT2D eigenvalue weighted by Gasteiger charge is 2.28. The molecule has 1 amide bonds. The molecule has 0 spiro atoms. The van der Waals surface area contributed by atoms with Crippen LogP contribution in [0.4, 0.5) is 0 Å². The van der Waals surface area contributed by atoms with Crippen molar-refractivity contribution in [3.63, 3.8) is 0 Å². The molecular weight excluding hydrogens is 254 g/mol. The van der Waals surface area contributed by atoms with Crippen LogP contribution in [0.25, 0.3) is 11.3 Å². The molecule has 0 saturated carbocycles. The van der Waals surface area contributed by atoms with Crippen LogP contribution < -0.4 is 0 Å². The number of amides is 1. The number of benzene rings is 1. The second kappa shape index (κ2) is 5.51. The quantitative estimate of drug-likeness (QED) is 0.926. The number of aryl methyl sites for hydroxylation is 1. The van der Waals surface area contributed by atoms with Crippen LogP contribution in [0, 0.1) is 0 Å². The summed E-state index contributed by atoms with van der Waals surface area (Å²) >= 11 is 0. The van der Waals surface area contributed by atoms with Crippen LogP contribution in [0.3, 0.4) is 0 Å². The van der Waals surface area contributed by atoms with Crippen LogP contribution in [-0.2, 0) is 11.2 Å². The van der Waals surface area contributed by atoms with Crippen molar-refractivity contribution in [3.8, 4) is 11.3 Å². The fourth-order valence-corrected chi connectivity index (χ4v) is 2.32. The van der Waals surface area contributed by atoms with E-state index in [4.69, 9.17) is 9.52 Å². The topological polar surface area (TPSA) is 53.7 Å². The number of carbonyl (C=O) groups is 1. The van der Waals surface area contributed by atoms with E-state index in [0.29, 0.717) is 25.9 Å². The zero-order chi connectivity index (χ0) is 13.9. The molecule has 1 aromatic heterocycles. The number of rotatable bonds is 4. The largest absolute Gasteiger partial charge is 0.461 e. The summed E-state index contributed by atoms with van der Waals surface area (Å²) in [6.07, 6.45) is 0.680. The molecule has 104 valence electrons. The lowest BCUT2D eigenvalue weighted by Gasteiger charge is -2.35. The number of carbonyl (C=O) groups excluding carboxylic acids is 1. The van der Waals surface area contributed by atoms with Gasteiger partial charge in [0, 0.05) is 31.5 Å². The highest BCUT2D eigenvalue weighted by molar-refractivity contribution is 5.77. The summed E-state index contributed by atoms with van der Waals surface area (Å²) < 4.78 is 5.75. The average Bonchev–Trinajstić information content (AvgIpc) is 2.91. The zero-order valence-electron chi connectivity index (χ0n) is 11.2. The number of likely N-dealkylation sites (tertiary alicyclic amines) is 1. The van der Waals surface area contributed by atoms with Gasteiger partial charge >= 0.3 is 0 Å². The first kappa shape index (κ1) is 12.9. The molecule has 0 radical (unpaired) electrons. The third-order valence-electron chi connectivity index (χ3n) is 3.52. The molecule has 0 atom stereocenters. The Labute approximate surface area is 117 Å². The first-order valence-corrected chi connectivity index (χ1v) is 6.82. The molecule has 0 unspecified atom stereocenters. The van der Waals surface area contributed by atoms with E-state index in [9.17, 15) is 4.79 Å². The number of aliphatic hydroxyl groups is 1. The van der Waals surface area contributed by atoms with Crippen molar-refractivity contribution in [2.24, 2.45) is 0 Å². The third-order valence-corrected chi connectivity index (χ3v) is 3.52. The van der Waals surface area contributed by atoms with E-state index >= 15 is 0 Å². The second-order valence-electron chi connectivity index (χ2n) is 5.08. The van der Waals surface area contributed by atoms with Crippen molar-refractivity contribution in [2.45, 2.75) is 18.9 Å². The van der Waals surface area contributed by atoms with Crippen molar-refractivity contribution < 1.29 is 14.3 Å². The fraction of sp³-hybridized carbons (Fsp3) is 0.312. The summed E-state index contributed by atoms with van der Waals surface area (Å²) in [6.45, 7) is 0.929. The molecule has 1 aliphatic rings. The molecule has 1 fully saturated rings. The van der Waals surface area contributed by atoms with Gasteiger partial charge in [-0.05, 0) is 12.1 Å². The maximum atomic E-state index is 11.8. The van der Waals surface area contributed by atoms with Crippen molar-refractivity contribution in [1.29, 1.82) is 0 Å². The fourth-order valence-electron chi connectivity index (χ4n) is 2.32.